The molecule has 4 aromatic rings. The van der Waals surface area contributed by atoms with Gasteiger partial charge in [-0.25, -0.2) is 10.8 Å². The van der Waals surface area contributed by atoms with Gasteiger partial charge in [-0.1, -0.05) is 31.2 Å². The molecule has 1 saturated carbocycles. The Morgan fingerprint density at radius 1 is 1.02 bits per heavy atom. The van der Waals surface area contributed by atoms with Crippen molar-refractivity contribution in [2.45, 2.75) is 50.1 Å². The number of aliphatic hydroxyl groups is 2. The van der Waals surface area contributed by atoms with Gasteiger partial charge in [-0.15, -0.1) is 0 Å². The fraction of sp³-hybridized carbons (Fsp3) is 0.357. The number of hydrazine groups is 1. The maximum absolute atomic E-state index is 12.0. The summed E-state index contributed by atoms with van der Waals surface area (Å²) in [6.07, 6.45) is -0.186. The number of methoxy groups -OCH3 is 2. The van der Waals surface area contributed by atoms with Crippen molar-refractivity contribution in [3.05, 3.63) is 66.0 Å². The largest absolute Gasteiger partial charge is 0.497 e. The zero-order valence-electron chi connectivity index (χ0n) is 23.0. The highest BCUT2D eigenvalue weighted by molar-refractivity contribution is 5.85. The molecule has 0 radical (unpaired) electrons. The van der Waals surface area contributed by atoms with Gasteiger partial charge in [0.25, 0.3) is 0 Å². The Bertz CT molecular complexity index is 1450. The number of aromatic nitrogens is 4. The Labute approximate surface area is 236 Å². The van der Waals surface area contributed by atoms with Crippen LogP contribution in [-0.4, -0.2) is 68.1 Å². The zero-order chi connectivity index (χ0) is 29.1. The Morgan fingerprint density at radius 2 is 1.63 bits per heavy atom. The number of nitrogens with zero attached hydrogens (tertiary/aromatic N) is 4. The van der Waals surface area contributed by atoms with E-state index in [9.17, 15) is 15.0 Å². The van der Waals surface area contributed by atoms with Crippen molar-refractivity contribution in [2.75, 3.05) is 25.0 Å². The monoisotopic (exact) mass is 562 g/mol. The molecule has 2 aromatic heterocycles. The molecule has 5 rings (SSSR count). The number of carbonyl (C=O) groups excluding carboxylic acids is 1. The van der Waals surface area contributed by atoms with Crippen molar-refractivity contribution >= 4 is 28.8 Å². The van der Waals surface area contributed by atoms with Crippen LogP contribution in [-0.2, 0) is 4.79 Å². The SMILES string of the molecule is CCC(=O)NC1CC(n2cnc3c(NC(c4ccc(OC)cc4)c4ccc(OC)cc4)nc(NN)nc32)C(O)C1O. The predicted molar refractivity (Wildman–Crippen MR) is 152 cm³/mol. The molecule has 2 heterocycles. The topological polar surface area (TPSA) is 182 Å². The lowest BCUT2D eigenvalue weighted by atomic mass is 9.98. The quantitative estimate of drug-likeness (QED) is 0.123. The second-order valence-corrected chi connectivity index (χ2v) is 9.80. The van der Waals surface area contributed by atoms with Crippen LogP contribution in [0.3, 0.4) is 0 Å². The van der Waals surface area contributed by atoms with Gasteiger partial charge in [0.1, 0.15) is 23.7 Å². The summed E-state index contributed by atoms with van der Waals surface area (Å²) < 4.78 is 12.4. The molecule has 1 amide bonds. The number of imidazole rings is 1. The maximum Gasteiger partial charge on any atom is 0.241 e. The second kappa shape index (κ2) is 12.0. The number of rotatable bonds is 10. The van der Waals surface area contributed by atoms with Gasteiger partial charge in [0.15, 0.2) is 17.0 Å². The van der Waals surface area contributed by atoms with E-state index >= 15 is 0 Å². The van der Waals surface area contributed by atoms with Gasteiger partial charge >= 0.3 is 0 Å². The van der Waals surface area contributed by atoms with E-state index in [-0.39, 0.29) is 30.7 Å². The van der Waals surface area contributed by atoms with Crippen LogP contribution in [0.5, 0.6) is 11.5 Å². The van der Waals surface area contributed by atoms with Crippen LogP contribution in [0.15, 0.2) is 54.9 Å². The fourth-order valence-electron chi connectivity index (χ4n) is 5.15. The molecule has 13 nitrogen and oxygen atoms in total. The molecule has 1 fully saturated rings. The molecule has 0 spiro atoms. The molecule has 41 heavy (non-hydrogen) atoms. The van der Waals surface area contributed by atoms with E-state index in [2.05, 4.69) is 31.0 Å². The number of hydrogen-bond acceptors (Lipinski definition) is 11. The first kappa shape index (κ1) is 28.1. The van der Waals surface area contributed by atoms with Crippen molar-refractivity contribution in [3.63, 3.8) is 0 Å². The van der Waals surface area contributed by atoms with Gasteiger partial charge in [-0.3, -0.25) is 10.2 Å². The highest BCUT2D eigenvalue weighted by Crippen LogP contribution is 2.36. The summed E-state index contributed by atoms with van der Waals surface area (Å²) in [4.78, 5) is 25.6. The number of anilines is 2. The minimum atomic E-state index is -1.15. The Morgan fingerprint density at radius 3 is 2.17 bits per heavy atom. The highest BCUT2D eigenvalue weighted by Gasteiger charge is 2.43. The van der Waals surface area contributed by atoms with Gasteiger partial charge in [-0.05, 0) is 41.8 Å². The van der Waals surface area contributed by atoms with Crippen molar-refractivity contribution < 1.29 is 24.5 Å². The van der Waals surface area contributed by atoms with Crippen LogP contribution in [0.4, 0.5) is 11.8 Å². The molecule has 13 heteroatoms. The lowest BCUT2D eigenvalue weighted by Crippen LogP contribution is -2.42. The summed E-state index contributed by atoms with van der Waals surface area (Å²) in [7, 11) is 3.23. The average Bonchev–Trinajstić information content (AvgIpc) is 3.56. The van der Waals surface area contributed by atoms with E-state index in [1.165, 1.54) is 0 Å². The summed E-state index contributed by atoms with van der Waals surface area (Å²) in [6.45, 7) is 1.73. The average molecular weight is 563 g/mol. The molecular formula is C28H34N8O5. The van der Waals surface area contributed by atoms with Gasteiger partial charge in [-0.2, -0.15) is 9.97 Å². The molecule has 4 atom stereocenters. The van der Waals surface area contributed by atoms with E-state index < -0.39 is 24.3 Å². The summed E-state index contributed by atoms with van der Waals surface area (Å²) >= 11 is 0. The normalized spacial score (nSPS) is 20.3. The van der Waals surface area contributed by atoms with Crippen molar-refractivity contribution in [1.82, 2.24) is 24.8 Å². The zero-order valence-corrected chi connectivity index (χ0v) is 23.0. The van der Waals surface area contributed by atoms with Crippen LogP contribution >= 0.6 is 0 Å². The summed E-state index contributed by atoms with van der Waals surface area (Å²) in [5, 5.41) is 27.8. The molecule has 0 aliphatic heterocycles. The van der Waals surface area contributed by atoms with Gasteiger partial charge in [0.2, 0.25) is 11.9 Å². The van der Waals surface area contributed by atoms with Crippen molar-refractivity contribution in [1.29, 1.82) is 0 Å². The lowest BCUT2D eigenvalue weighted by molar-refractivity contribution is -0.122. The molecule has 0 bridgehead atoms. The fourth-order valence-corrected chi connectivity index (χ4v) is 5.15. The number of carbonyl (C=O) groups is 1. The summed E-state index contributed by atoms with van der Waals surface area (Å²) in [5.74, 6) is 7.53. The molecule has 1 aliphatic rings. The molecule has 0 saturated heterocycles. The maximum atomic E-state index is 12.0. The van der Waals surface area contributed by atoms with Crippen molar-refractivity contribution in [2.24, 2.45) is 5.84 Å². The number of fused-ring (bicyclic) bond motifs is 1. The number of hydrogen-bond donors (Lipinski definition) is 6. The third-order valence-corrected chi connectivity index (χ3v) is 7.41. The Hall–Kier alpha value is -4.46. The molecule has 7 N–H and O–H groups in total. The Kier molecular flexibility index (Phi) is 8.19. The van der Waals surface area contributed by atoms with Crippen LogP contribution < -0.4 is 31.4 Å². The summed E-state index contributed by atoms with van der Waals surface area (Å²) in [6, 6.07) is 13.8. The standard InChI is InChI=1S/C28H34N8O5/c1-4-21(37)31-19-13-20(25(39)24(19)38)36-14-30-23-26(33-28(35-29)34-27(23)36)32-22(15-5-9-17(40-2)10-6-15)16-7-11-18(41-3)12-8-16/h5-12,14,19-20,22,24-25,38-39H,4,13,29H2,1-3H3,(H,31,37)(H2,32,33,34,35). The second-order valence-electron chi connectivity index (χ2n) is 9.80. The number of nitrogens with one attached hydrogen (secondary N) is 3. The smallest absolute Gasteiger partial charge is 0.241 e. The first-order chi connectivity index (χ1) is 19.9. The van der Waals surface area contributed by atoms with Gasteiger partial charge < -0.3 is 34.9 Å². The van der Waals surface area contributed by atoms with Crippen molar-refractivity contribution in [3.8, 4) is 11.5 Å². The van der Waals surface area contributed by atoms with E-state index in [4.69, 9.17) is 15.3 Å². The minimum absolute atomic E-state index is 0.133. The molecule has 2 aromatic carbocycles. The highest BCUT2D eigenvalue weighted by atomic mass is 16.5. The van der Waals surface area contributed by atoms with Gasteiger partial charge in [0, 0.05) is 6.42 Å². The molecule has 1 aliphatic carbocycles. The number of amides is 1. The Balaban J connectivity index is 1.54. The van der Waals surface area contributed by atoms with Crippen LogP contribution in [0.2, 0.25) is 0 Å². The predicted octanol–water partition coefficient (Wildman–Crippen LogP) is 1.89. The molecular weight excluding hydrogens is 528 g/mol. The lowest BCUT2D eigenvalue weighted by Gasteiger charge is -2.22. The number of nitrogen functional groups attached to an aromatic ring is 1. The number of benzene rings is 2. The first-order valence-corrected chi connectivity index (χ1v) is 13.3. The van der Waals surface area contributed by atoms with Crippen LogP contribution in [0, 0.1) is 0 Å². The molecule has 4 unspecified atom stereocenters. The molecule has 216 valence electrons. The van der Waals surface area contributed by atoms with Gasteiger partial charge in [0.05, 0.1) is 38.7 Å². The number of aliphatic hydroxyl groups excluding tert-OH is 2. The van der Waals surface area contributed by atoms with E-state index in [1.807, 2.05) is 48.5 Å². The first-order valence-electron chi connectivity index (χ1n) is 13.3. The number of nitrogens with two attached hydrogens (primary N) is 1. The minimum Gasteiger partial charge on any atom is -0.497 e. The number of ether oxygens (including phenoxy) is 2. The van der Waals surface area contributed by atoms with E-state index in [0.29, 0.717) is 17.0 Å². The third kappa shape index (κ3) is 5.59. The van der Waals surface area contributed by atoms with Crippen LogP contribution in [0.1, 0.15) is 43.0 Å². The third-order valence-electron chi connectivity index (χ3n) is 7.41. The van der Waals surface area contributed by atoms with E-state index in [1.54, 1.807) is 32.0 Å². The summed E-state index contributed by atoms with van der Waals surface area (Å²) in [5.41, 5.74) is 5.23. The van der Waals surface area contributed by atoms with Crippen LogP contribution in [0.25, 0.3) is 11.2 Å². The van der Waals surface area contributed by atoms with E-state index in [0.717, 1.165) is 22.6 Å².